The van der Waals surface area contributed by atoms with Gasteiger partial charge >= 0.3 is 0 Å². The molecule has 58 valence electrons. The molecule has 1 nitrogen and oxygen atoms in total. The first-order chi connectivity index (χ1) is 5.47. The monoisotopic (exact) mass is 165 g/mol. The molecule has 0 aromatic carbocycles. The molecule has 0 unspecified atom stereocenters. The summed E-state index contributed by atoms with van der Waals surface area (Å²) in [6.07, 6.45) is 3.46. The Hall–Kier alpha value is -0.600. The maximum Gasteiger partial charge on any atom is 0.0140 e. The molecule has 1 aliphatic heterocycles. The molecule has 0 fully saturated rings. The van der Waals surface area contributed by atoms with Crippen LogP contribution in [0, 0.1) is 0 Å². The maximum atomic E-state index is 3.30. The minimum Gasteiger partial charge on any atom is -0.313 e. The Morgan fingerprint density at radius 2 is 2.45 bits per heavy atom. The summed E-state index contributed by atoms with van der Waals surface area (Å²) in [4.78, 5) is 0. The third-order valence-electron chi connectivity index (χ3n) is 1.96. The minimum absolute atomic E-state index is 1.03. The van der Waals surface area contributed by atoms with Gasteiger partial charge in [0.05, 0.1) is 0 Å². The van der Waals surface area contributed by atoms with Crippen LogP contribution in [0.5, 0.6) is 0 Å². The number of hydrogen-bond donors (Lipinski definition) is 1. The van der Waals surface area contributed by atoms with Crippen molar-refractivity contribution in [1.29, 1.82) is 0 Å². The Labute approximate surface area is 70.8 Å². The fraction of sp³-hybridized carbons (Fsp3) is 0.333. The number of rotatable bonds is 1. The van der Waals surface area contributed by atoms with E-state index in [9.17, 15) is 0 Å². The van der Waals surface area contributed by atoms with E-state index >= 15 is 0 Å². The highest BCUT2D eigenvalue weighted by Gasteiger charge is 2.04. The summed E-state index contributed by atoms with van der Waals surface area (Å²) >= 11 is 1.77. The molecular formula is C9H11NS. The van der Waals surface area contributed by atoms with Crippen molar-refractivity contribution in [3.05, 3.63) is 28.5 Å². The summed E-state index contributed by atoms with van der Waals surface area (Å²) in [5.41, 5.74) is 2.92. The molecule has 11 heavy (non-hydrogen) atoms. The van der Waals surface area contributed by atoms with Gasteiger partial charge in [-0.1, -0.05) is 6.08 Å². The summed E-state index contributed by atoms with van der Waals surface area (Å²) in [5, 5.41) is 7.66. The minimum atomic E-state index is 1.03. The van der Waals surface area contributed by atoms with Gasteiger partial charge in [0.15, 0.2) is 0 Å². The van der Waals surface area contributed by atoms with Crippen LogP contribution >= 0.6 is 11.3 Å². The molecule has 1 aromatic heterocycles. The van der Waals surface area contributed by atoms with Gasteiger partial charge in [0.25, 0.3) is 0 Å². The third kappa shape index (κ3) is 1.52. The lowest BCUT2D eigenvalue weighted by Gasteiger charge is -2.12. The highest BCUT2D eigenvalue weighted by Crippen LogP contribution is 2.21. The molecule has 0 amide bonds. The number of nitrogens with one attached hydrogen (secondary N) is 1. The standard InChI is InChI=1S/C9H11NS/c1-4-10-5-2-8(1)9-3-6-11-7-9/h1,3,6-7,10H,2,4-5H2. The van der Waals surface area contributed by atoms with E-state index in [4.69, 9.17) is 0 Å². The van der Waals surface area contributed by atoms with E-state index in [1.54, 1.807) is 11.3 Å². The van der Waals surface area contributed by atoms with Gasteiger partial charge in [-0.2, -0.15) is 11.3 Å². The van der Waals surface area contributed by atoms with Crippen LogP contribution in [0.3, 0.4) is 0 Å². The Balaban J connectivity index is 2.22. The molecule has 1 aromatic rings. The lowest BCUT2D eigenvalue weighted by atomic mass is 10.0. The Kier molecular flexibility index (Phi) is 2.06. The molecule has 0 atom stereocenters. The zero-order valence-electron chi connectivity index (χ0n) is 6.34. The van der Waals surface area contributed by atoms with E-state index in [0.717, 1.165) is 13.1 Å². The lowest BCUT2D eigenvalue weighted by Crippen LogP contribution is -2.19. The topological polar surface area (TPSA) is 12.0 Å². The zero-order valence-corrected chi connectivity index (χ0v) is 7.16. The van der Waals surface area contributed by atoms with E-state index < -0.39 is 0 Å². The Morgan fingerprint density at radius 1 is 1.45 bits per heavy atom. The van der Waals surface area contributed by atoms with Crippen LogP contribution in [0.15, 0.2) is 22.9 Å². The van der Waals surface area contributed by atoms with E-state index in [1.165, 1.54) is 17.6 Å². The van der Waals surface area contributed by atoms with Crippen LogP contribution in [-0.2, 0) is 0 Å². The average Bonchev–Trinajstić information content (AvgIpc) is 2.58. The number of thiophene rings is 1. The van der Waals surface area contributed by atoms with Crippen LogP contribution in [0.2, 0.25) is 0 Å². The van der Waals surface area contributed by atoms with Crippen molar-refractivity contribution in [1.82, 2.24) is 5.32 Å². The summed E-state index contributed by atoms with van der Waals surface area (Å²) in [7, 11) is 0. The Morgan fingerprint density at radius 3 is 3.09 bits per heavy atom. The number of hydrogen-bond acceptors (Lipinski definition) is 2. The van der Waals surface area contributed by atoms with Crippen molar-refractivity contribution >= 4 is 16.9 Å². The Bertz CT molecular complexity index is 249. The third-order valence-corrected chi connectivity index (χ3v) is 2.64. The summed E-state index contributed by atoms with van der Waals surface area (Å²) in [6.45, 7) is 2.16. The molecule has 1 aliphatic rings. The van der Waals surface area contributed by atoms with E-state index in [-0.39, 0.29) is 0 Å². The quantitative estimate of drug-likeness (QED) is 0.672. The van der Waals surface area contributed by atoms with Gasteiger partial charge in [0.1, 0.15) is 0 Å². The summed E-state index contributed by atoms with van der Waals surface area (Å²) in [5.74, 6) is 0. The van der Waals surface area contributed by atoms with Crippen LogP contribution in [-0.4, -0.2) is 13.1 Å². The van der Waals surface area contributed by atoms with Crippen LogP contribution in [0.25, 0.3) is 5.57 Å². The second kappa shape index (κ2) is 3.20. The second-order valence-electron chi connectivity index (χ2n) is 2.70. The van der Waals surface area contributed by atoms with Gasteiger partial charge in [-0.3, -0.25) is 0 Å². The average molecular weight is 165 g/mol. The molecule has 0 saturated carbocycles. The first-order valence-corrected chi connectivity index (χ1v) is 4.83. The van der Waals surface area contributed by atoms with E-state index in [2.05, 4.69) is 28.2 Å². The highest BCUT2D eigenvalue weighted by atomic mass is 32.1. The second-order valence-corrected chi connectivity index (χ2v) is 3.48. The molecule has 0 saturated heterocycles. The summed E-state index contributed by atoms with van der Waals surface area (Å²) < 4.78 is 0. The first-order valence-electron chi connectivity index (χ1n) is 3.89. The fourth-order valence-corrected chi connectivity index (χ4v) is 2.01. The molecule has 2 heterocycles. The van der Waals surface area contributed by atoms with E-state index in [0.29, 0.717) is 0 Å². The fourth-order valence-electron chi connectivity index (χ4n) is 1.33. The summed E-state index contributed by atoms with van der Waals surface area (Å²) in [6, 6.07) is 2.20. The highest BCUT2D eigenvalue weighted by molar-refractivity contribution is 7.08. The molecule has 0 radical (unpaired) electrons. The van der Waals surface area contributed by atoms with Gasteiger partial charge < -0.3 is 5.32 Å². The molecule has 0 spiro atoms. The van der Waals surface area contributed by atoms with Crippen molar-refractivity contribution in [3.8, 4) is 0 Å². The molecule has 2 rings (SSSR count). The van der Waals surface area contributed by atoms with Gasteiger partial charge in [-0.05, 0) is 40.9 Å². The van der Waals surface area contributed by atoms with Crippen molar-refractivity contribution in [2.24, 2.45) is 0 Å². The molecular weight excluding hydrogens is 154 g/mol. The first kappa shape index (κ1) is 7.07. The molecule has 2 heteroatoms. The molecule has 0 bridgehead atoms. The molecule has 1 N–H and O–H groups in total. The maximum absolute atomic E-state index is 3.30. The normalized spacial score (nSPS) is 18.0. The van der Waals surface area contributed by atoms with Gasteiger partial charge in [0.2, 0.25) is 0 Å². The van der Waals surface area contributed by atoms with Crippen LogP contribution < -0.4 is 5.32 Å². The SMILES string of the molecule is C1=C(c2ccsc2)CCNC1. The van der Waals surface area contributed by atoms with Gasteiger partial charge in [0, 0.05) is 6.54 Å². The van der Waals surface area contributed by atoms with Crippen LogP contribution in [0.1, 0.15) is 12.0 Å². The van der Waals surface area contributed by atoms with Crippen LogP contribution in [0.4, 0.5) is 0 Å². The van der Waals surface area contributed by atoms with E-state index in [1.807, 2.05) is 0 Å². The van der Waals surface area contributed by atoms with Crippen molar-refractivity contribution in [3.63, 3.8) is 0 Å². The predicted molar refractivity (Wildman–Crippen MR) is 49.8 cm³/mol. The lowest BCUT2D eigenvalue weighted by molar-refractivity contribution is 0.739. The zero-order chi connectivity index (χ0) is 7.52. The smallest absolute Gasteiger partial charge is 0.0140 e. The van der Waals surface area contributed by atoms with Crippen molar-refractivity contribution in [2.45, 2.75) is 6.42 Å². The van der Waals surface area contributed by atoms with Crippen molar-refractivity contribution in [2.75, 3.05) is 13.1 Å². The molecule has 0 aliphatic carbocycles. The van der Waals surface area contributed by atoms with Gasteiger partial charge in [-0.15, -0.1) is 0 Å². The van der Waals surface area contributed by atoms with Gasteiger partial charge in [-0.25, -0.2) is 0 Å². The van der Waals surface area contributed by atoms with Crippen molar-refractivity contribution < 1.29 is 0 Å². The predicted octanol–water partition coefficient (Wildman–Crippen LogP) is 2.12. The largest absolute Gasteiger partial charge is 0.313 e.